The van der Waals surface area contributed by atoms with E-state index in [1.165, 1.54) is 0 Å². The Morgan fingerprint density at radius 3 is 2.62 bits per heavy atom. The van der Waals surface area contributed by atoms with Crippen LogP contribution in [0.25, 0.3) is 0 Å². The highest BCUT2D eigenvalue weighted by atomic mass is 16.5. The predicted octanol–water partition coefficient (Wildman–Crippen LogP) is 3.05. The Morgan fingerprint density at radius 1 is 1.38 bits per heavy atom. The van der Waals surface area contributed by atoms with Crippen molar-refractivity contribution in [1.29, 1.82) is 0 Å². The van der Waals surface area contributed by atoms with Crippen molar-refractivity contribution in [1.82, 2.24) is 5.32 Å². The summed E-state index contributed by atoms with van der Waals surface area (Å²) in [6.07, 6.45) is 1.36. The minimum Gasteiger partial charge on any atom is -0.465 e. The molecule has 1 atom stereocenters. The maximum atomic E-state index is 5.64. The van der Waals surface area contributed by atoms with E-state index in [0.717, 1.165) is 24.5 Å². The molecule has 1 rings (SSSR count). The topological polar surface area (TPSA) is 34.4 Å². The van der Waals surface area contributed by atoms with Crippen LogP contribution in [-0.2, 0) is 4.74 Å². The lowest BCUT2D eigenvalue weighted by Crippen LogP contribution is -2.27. The van der Waals surface area contributed by atoms with Gasteiger partial charge in [-0.2, -0.15) is 0 Å². The molecule has 0 aromatic carbocycles. The van der Waals surface area contributed by atoms with E-state index in [4.69, 9.17) is 9.15 Å². The van der Waals surface area contributed by atoms with Gasteiger partial charge in [-0.1, -0.05) is 6.92 Å². The van der Waals surface area contributed by atoms with Crippen LogP contribution in [0.3, 0.4) is 0 Å². The number of hydrogen-bond acceptors (Lipinski definition) is 3. The molecule has 92 valence electrons. The molecule has 0 spiro atoms. The van der Waals surface area contributed by atoms with Crippen LogP contribution in [0, 0.1) is 6.92 Å². The van der Waals surface area contributed by atoms with Gasteiger partial charge in [-0.3, -0.25) is 0 Å². The molecular formula is C13H23NO2. The first-order valence-corrected chi connectivity index (χ1v) is 6.04. The Morgan fingerprint density at radius 2 is 2.12 bits per heavy atom. The first kappa shape index (κ1) is 13.3. The van der Waals surface area contributed by atoms with Crippen molar-refractivity contribution in [3.63, 3.8) is 0 Å². The predicted molar refractivity (Wildman–Crippen MR) is 65.6 cm³/mol. The minimum absolute atomic E-state index is 0.163. The fourth-order valence-electron chi connectivity index (χ4n) is 1.49. The summed E-state index contributed by atoms with van der Waals surface area (Å²) < 4.78 is 11.3. The molecule has 16 heavy (non-hydrogen) atoms. The minimum atomic E-state index is 0.163. The van der Waals surface area contributed by atoms with Gasteiger partial charge in [-0.25, -0.2) is 0 Å². The molecule has 3 heteroatoms. The average molecular weight is 225 g/mol. The van der Waals surface area contributed by atoms with Crippen molar-refractivity contribution in [2.75, 3.05) is 13.2 Å². The summed E-state index contributed by atoms with van der Waals surface area (Å²) in [5.74, 6) is 1.91. The first-order valence-electron chi connectivity index (χ1n) is 6.04. The molecule has 1 N–H and O–H groups in total. The smallest absolute Gasteiger partial charge is 0.123 e. The standard InChI is InChI=1S/C13H23NO2/c1-5-8-14-12(9-15-10(2)3)13-7-6-11(4)16-13/h6-7,10,12,14H,5,8-9H2,1-4H3. The average Bonchev–Trinajstić information content (AvgIpc) is 2.64. The lowest BCUT2D eigenvalue weighted by molar-refractivity contribution is 0.0566. The lowest BCUT2D eigenvalue weighted by atomic mass is 10.2. The van der Waals surface area contributed by atoms with Crippen LogP contribution in [0.2, 0.25) is 0 Å². The molecule has 0 amide bonds. The molecule has 0 aliphatic rings. The molecule has 1 aromatic heterocycles. The van der Waals surface area contributed by atoms with Crippen LogP contribution in [0.5, 0.6) is 0 Å². The lowest BCUT2D eigenvalue weighted by Gasteiger charge is -2.18. The number of aryl methyl sites for hydroxylation is 1. The van der Waals surface area contributed by atoms with Gasteiger partial charge in [0.2, 0.25) is 0 Å². The summed E-state index contributed by atoms with van der Waals surface area (Å²) >= 11 is 0. The Bertz CT molecular complexity index is 294. The van der Waals surface area contributed by atoms with Gasteiger partial charge in [0, 0.05) is 0 Å². The summed E-state index contributed by atoms with van der Waals surface area (Å²) in [4.78, 5) is 0. The molecule has 0 saturated carbocycles. The monoisotopic (exact) mass is 225 g/mol. The third kappa shape index (κ3) is 4.37. The van der Waals surface area contributed by atoms with Crippen molar-refractivity contribution in [2.24, 2.45) is 0 Å². The van der Waals surface area contributed by atoms with Gasteiger partial charge in [-0.05, 0) is 45.9 Å². The van der Waals surface area contributed by atoms with Gasteiger partial charge in [0.25, 0.3) is 0 Å². The van der Waals surface area contributed by atoms with Crippen molar-refractivity contribution in [2.45, 2.75) is 46.3 Å². The number of nitrogens with one attached hydrogen (secondary N) is 1. The van der Waals surface area contributed by atoms with E-state index in [1.807, 2.05) is 32.9 Å². The van der Waals surface area contributed by atoms with Gasteiger partial charge in [0.15, 0.2) is 0 Å². The van der Waals surface area contributed by atoms with E-state index >= 15 is 0 Å². The number of rotatable bonds is 7. The van der Waals surface area contributed by atoms with E-state index in [1.54, 1.807) is 0 Å². The fraction of sp³-hybridized carbons (Fsp3) is 0.692. The van der Waals surface area contributed by atoms with Crippen molar-refractivity contribution in [3.05, 3.63) is 23.7 Å². The van der Waals surface area contributed by atoms with Crippen molar-refractivity contribution >= 4 is 0 Å². The normalized spacial score (nSPS) is 13.3. The summed E-state index contributed by atoms with van der Waals surface area (Å²) in [6, 6.07) is 4.17. The molecule has 0 bridgehead atoms. The highest BCUT2D eigenvalue weighted by Gasteiger charge is 2.15. The molecule has 0 radical (unpaired) electrons. The van der Waals surface area contributed by atoms with Crippen LogP contribution in [0.4, 0.5) is 0 Å². The maximum absolute atomic E-state index is 5.64. The third-order valence-corrected chi connectivity index (χ3v) is 2.34. The molecule has 1 aromatic rings. The molecule has 1 unspecified atom stereocenters. The zero-order chi connectivity index (χ0) is 12.0. The molecule has 1 heterocycles. The Labute approximate surface area is 98.2 Å². The van der Waals surface area contributed by atoms with Crippen LogP contribution >= 0.6 is 0 Å². The second-order valence-corrected chi connectivity index (χ2v) is 4.34. The zero-order valence-electron chi connectivity index (χ0n) is 10.7. The second kappa shape index (κ2) is 6.71. The largest absolute Gasteiger partial charge is 0.465 e. The molecular weight excluding hydrogens is 202 g/mol. The van der Waals surface area contributed by atoms with E-state index in [2.05, 4.69) is 12.2 Å². The van der Waals surface area contributed by atoms with Crippen LogP contribution in [0.15, 0.2) is 16.5 Å². The molecule has 0 aliphatic heterocycles. The third-order valence-electron chi connectivity index (χ3n) is 2.34. The van der Waals surface area contributed by atoms with Gasteiger partial charge in [0.05, 0.1) is 18.8 Å². The van der Waals surface area contributed by atoms with E-state index in [0.29, 0.717) is 6.61 Å². The number of furan rings is 1. The van der Waals surface area contributed by atoms with Gasteiger partial charge < -0.3 is 14.5 Å². The quantitative estimate of drug-likeness (QED) is 0.774. The molecule has 0 saturated heterocycles. The van der Waals surface area contributed by atoms with Crippen molar-refractivity contribution < 1.29 is 9.15 Å². The molecule has 0 aliphatic carbocycles. The zero-order valence-corrected chi connectivity index (χ0v) is 10.7. The number of hydrogen-bond donors (Lipinski definition) is 1. The van der Waals surface area contributed by atoms with Gasteiger partial charge in [-0.15, -0.1) is 0 Å². The van der Waals surface area contributed by atoms with Crippen LogP contribution in [-0.4, -0.2) is 19.3 Å². The Hall–Kier alpha value is -0.800. The second-order valence-electron chi connectivity index (χ2n) is 4.34. The van der Waals surface area contributed by atoms with Gasteiger partial charge >= 0.3 is 0 Å². The molecule has 3 nitrogen and oxygen atoms in total. The van der Waals surface area contributed by atoms with E-state index in [-0.39, 0.29) is 12.1 Å². The SMILES string of the molecule is CCCNC(COC(C)C)c1ccc(C)o1. The highest BCUT2D eigenvalue weighted by molar-refractivity contribution is 5.09. The van der Waals surface area contributed by atoms with Gasteiger partial charge in [0.1, 0.15) is 11.5 Å². The van der Waals surface area contributed by atoms with E-state index in [9.17, 15) is 0 Å². The maximum Gasteiger partial charge on any atom is 0.123 e. The summed E-state index contributed by atoms with van der Waals surface area (Å²) in [5.41, 5.74) is 0. The highest BCUT2D eigenvalue weighted by Crippen LogP contribution is 2.17. The Balaban J connectivity index is 2.55. The summed E-state index contributed by atoms with van der Waals surface area (Å²) in [5, 5.41) is 3.44. The van der Waals surface area contributed by atoms with Crippen LogP contribution in [0.1, 0.15) is 44.8 Å². The van der Waals surface area contributed by atoms with Crippen molar-refractivity contribution in [3.8, 4) is 0 Å². The van der Waals surface area contributed by atoms with E-state index < -0.39 is 0 Å². The first-order chi connectivity index (χ1) is 7.63. The number of ether oxygens (including phenoxy) is 1. The molecule has 0 fully saturated rings. The fourth-order valence-corrected chi connectivity index (χ4v) is 1.49. The Kier molecular flexibility index (Phi) is 5.56. The summed E-state index contributed by atoms with van der Waals surface area (Å²) in [7, 11) is 0. The summed E-state index contributed by atoms with van der Waals surface area (Å²) in [6.45, 7) is 9.84. The van der Waals surface area contributed by atoms with Crippen LogP contribution < -0.4 is 5.32 Å².